The van der Waals surface area contributed by atoms with E-state index in [1.165, 1.54) is 23.6 Å². The zero-order valence-corrected chi connectivity index (χ0v) is 7.23. The third kappa shape index (κ3) is 1.62. The molecule has 1 fully saturated rings. The lowest BCUT2D eigenvalue weighted by Gasteiger charge is -2.01. The summed E-state index contributed by atoms with van der Waals surface area (Å²) in [5.74, 6) is 2.97. The Bertz CT molecular complexity index is 410. The maximum absolute atomic E-state index is 11.2. The second kappa shape index (κ2) is 3.06. The highest BCUT2D eigenvalue weighted by molar-refractivity contribution is 5.12. The number of hydrogen-bond acceptors (Lipinski definition) is 2. The quantitative estimate of drug-likeness (QED) is 0.620. The Hall–Kier alpha value is -1.56. The Labute approximate surface area is 76.4 Å². The minimum absolute atomic E-state index is 0.123. The van der Waals surface area contributed by atoms with Crippen molar-refractivity contribution in [3.8, 4) is 12.3 Å². The molecule has 3 heteroatoms. The molecular weight excluding hydrogens is 164 g/mol. The van der Waals surface area contributed by atoms with Crippen LogP contribution < -0.4 is 5.56 Å². The summed E-state index contributed by atoms with van der Waals surface area (Å²) in [4.78, 5) is 11.2. The van der Waals surface area contributed by atoms with E-state index < -0.39 is 0 Å². The van der Waals surface area contributed by atoms with Crippen LogP contribution in [0, 0.1) is 12.3 Å². The van der Waals surface area contributed by atoms with E-state index in [2.05, 4.69) is 11.0 Å². The molecule has 0 spiro atoms. The zero-order valence-electron chi connectivity index (χ0n) is 7.23. The summed E-state index contributed by atoms with van der Waals surface area (Å²) < 4.78 is 1.34. The lowest BCUT2D eigenvalue weighted by molar-refractivity contribution is 0.640. The summed E-state index contributed by atoms with van der Waals surface area (Å²) in [6.07, 6.45) is 7.49. The maximum atomic E-state index is 11.2. The average Bonchev–Trinajstić information content (AvgIpc) is 2.92. The van der Waals surface area contributed by atoms with Gasteiger partial charge in [0.15, 0.2) is 0 Å². The van der Waals surface area contributed by atoms with Crippen molar-refractivity contribution >= 4 is 0 Å². The van der Waals surface area contributed by atoms with Crippen LogP contribution in [0.4, 0.5) is 0 Å². The molecule has 1 aromatic rings. The lowest BCUT2D eigenvalue weighted by atomic mass is 10.3. The highest BCUT2D eigenvalue weighted by Gasteiger charge is 2.25. The molecule has 1 aliphatic rings. The zero-order chi connectivity index (χ0) is 9.26. The first-order chi connectivity index (χ1) is 6.31. The van der Waals surface area contributed by atoms with Gasteiger partial charge in [0.05, 0.1) is 5.69 Å². The number of aromatic nitrogens is 2. The van der Waals surface area contributed by atoms with Crippen LogP contribution in [0.3, 0.4) is 0 Å². The second-order valence-corrected chi connectivity index (χ2v) is 3.23. The van der Waals surface area contributed by atoms with Crippen LogP contribution in [-0.2, 0) is 6.54 Å². The van der Waals surface area contributed by atoms with E-state index in [9.17, 15) is 4.79 Å². The van der Waals surface area contributed by atoms with Gasteiger partial charge in [0, 0.05) is 12.0 Å². The molecule has 3 nitrogen and oxygen atoms in total. The Balaban J connectivity index is 2.37. The fraction of sp³-hybridized carbons (Fsp3) is 0.400. The molecule has 0 aliphatic heterocycles. The molecule has 0 amide bonds. The molecule has 66 valence electrons. The molecule has 1 saturated carbocycles. The van der Waals surface area contributed by atoms with E-state index in [1.54, 1.807) is 6.07 Å². The largest absolute Gasteiger partial charge is 0.268 e. The predicted octanol–water partition coefficient (Wildman–Crippen LogP) is 0.754. The highest BCUT2D eigenvalue weighted by atomic mass is 16.1. The maximum Gasteiger partial charge on any atom is 0.267 e. The van der Waals surface area contributed by atoms with Gasteiger partial charge in [0.1, 0.15) is 6.54 Å². The van der Waals surface area contributed by atoms with Crippen LogP contribution >= 0.6 is 0 Å². The van der Waals surface area contributed by atoms with Gasteiger partial charge in [-0.15, -0.1) is 6.42 Å². The molecule has 0 unspecified atom stereocenters. The number of nitrogens with zero attached hydrogens (tertiary/aromatic N) is 2. The first kappa shape index (κ1) is 8.06. The molecule has 0 atom stereocenters. The first-order valence-electron chi connectivity index (χ1n) is 4.33. The van der Waals surface area contributed by atoms with Gasteiger partial charge >= 0.3 is 0 Å². The molecule has 0 N–H and O–H groups in total. The van der Waals surface area contributed by atoms with Gasteiger partial charge in [0.25, 0.3) is 5.56 Å². The molecule has 2 rings (SSSR count). The molecule has 1 aromatic heterocycles. The van der Waals surface area contributed by atoms with Crippen molar-refractivity contribution in [3.05, 3.63) is 28.2 Å². The fourth-order valence-corrected chi connectivity index (χ4v) is 1.26. The SMILES string of the molecule is C#CCn1nc(C2CC2)ccc1=O. The molecule has 0 aromatic carbocycles. The van der Waals surface area contributed by atoms with Crippen molar-refractivity contribution in [2.75, 3.05) is 0 Å². The number of rotatable bonds is 2. The van der Waals surface area contributed by atoms with Gasteiger partial charge < -0.3 is 0 Å². The molecule has 13 heavy (non-hydrogen) atoms. The van der Waals surface area contributed by atoms with Gasteiger partial charge in [-0.25, -0.2) is 4.68 Å². The van der Waals surface area contributed by atoms with Crippen molar-refractivity contribution in [2.24, 2.45) is 0 Å². The van der Waals surface area contributed by atoms with Crippen LogP contribution in [0.15, 0.2) is 16.9 Å². The predicted molar refractivity (Wildman–Crippen MR) is 49.3 cm³/mol. The van der Waals surface area contributed by atoms with Crippen molar-refractivity contribution in [1.29, 1.82) is 0 Å². The Morgan fingerprint density at radius 1 is 1.62 bits per heavy atom. The summed E-state index contributed by atoms with van der Waals surface area (Å²) in [5, 5.41) is 4.19. The van der Waals surface area contributed by atoms with Crippen LogP contribution in [0.2, 0.25) is 0 Å². The molecule has 0 saturated heterocycles. The summed E-state index contributed by atoms with van der Waals surface area (Å²) in [6.45, 7) is 0.263. The fourth-order valence-electron chi connectivity index (χ4n) is 1.26. The number of hydrogen-bond donors (Lipinski definition) is 0. The topological polar surface area (TPSA) is 34.9 Å². The van der Waals surface area contributed by atoms with Crippen molar-refractivity contribution < 1.29 is 0 Å². The Kier molecular flexibility index (Phi) is 1.90. The van der Waals surface area contributed by atoms with E-state index in [-0.39, 0.29) is 12.1 Å². The molecule has 1 aliphatic carbocycles. The summed E-state index contributed by atoms with van der Waals surface area (Å²) in [6, 6.07) is 3.34. The normalized spacial score (nSPS) is 15.3. The number of terminal acetylenes is 1. The van der Waals surface area contributed by atoms with Crippen LogP contribution in [0.25, 0.3) is 0 Å². The van der Waals surface area contributed by atoms with Gasteiger partial charge in [-0.05, 0) is 18.9 Å². The van der Waals surface area contributed by atoms with Crippen molar-refractivity contribution in [3.63, 3.8) is 0 Å². The monoisotopic (exact) mass is 174 g/mol. The van der Waals surface area contributed by atoms with Crippen LogP contribution in [-0.4, -0.2) is 9.78 Å². The van der Waals surface area contributed by atoms with Gasteiger partial charge in [-0.1, -0.05) is 5.92 Å². The summed E-state index contributed by atoms with van der Waals surface area (Å²) in [5.41, 5.74) is 0.872. The molecule has 0 bridgehead atoms. The molecule has 1 heterocycles. The van der Waals surface area contributed by atoms with Gasteiger partial charge in [-0.2, -0.15) is 5.10 Å². The van der Waals surface area contributed by atoms with E-state index in [0.29, 0.717) is 5.92 Å². The smallest absolute Gasteiger partial charge is 0.267 e. The van der Waals surface area contributed by atoms with Crippen molar-refractivity contribution in [2.45, 2.75) is 25.3 Å². The third-order valence-electron chi connectivity index (χ3n) is 2.12. The minimum atomic E-state index is -0.123. The molecular formula is C10H10N2O. The Morgan fingerprint density at radius 3 is 3.00 bits per heavy atom. The van der Waals surface area contributed by atoms with Crippen molar-refractivity contribution in [1.82, 2.24) is 9.78 Å². The van der Waals surface area contributed by atoms with E-state index >= 15 is 0 Å². The van der Waals surface area contributed by atoms with E-state index in [1.807, 2.05) is 0 Å². The van der Waals surface area contributed by atoms with Crippen LogP contribution in [0.1, 0.15) is 24.5 Å². The van der Waals surface area contributed by atoms with E-state index in [0.717, 1.165) is 5.69 Å². The van der Waals surface area contributed by atoms with Gasteiger partial charge in [0.2, 0.25) is 0 Å². The van der Waals surface area contributed by atoms with Gasteiger partial charge in [-0.3, -0.25) is 4.79 Å². The Morgan fingerprint density at radius 2 is 2.38 bits per heavy atom. The summed E-state index contributed by atoms with van der Waals surface area (Å²) in [7, 11) is 0. The lowest BCUT2D eigenvalue weighted by Crippen LogP contribution is -2.22. The summed E-state index contributed by atoms with van der Waals surface area (Å²) >= 11 is 0. The minimum Gasteiger partial charge on any atom is -0.268 e. The standard InChI is InChI=1S/C10H10N2O/c1-2-7-12-10(13)6-5-9(11-12)8-3-4-8/h1,5-6,8H,3-4,7H2. The third-order valence-corrected chi connectivity index (χ3v) is 2.12. The second-order valence-electron chi connectivity index (χ2n) is 3.23. The molecule has 0 radical (unpaired) electrons. The highest BCUT2D eigenvalue weighted by Crippen LogP contribution is 2.38. The van der Waals surface area contributed by atoms with E-state index in [4.69, 9.17) is 6.42 Å². The van der Waals surface area contributed by atoms with Crippen LogP contribution in [0.5, 0.6) is 0 Å². The average molecular weight is 174 g/mol. The first-order valence-corrected chi connectivity index (χ1v) is 4.33.